The van der Waals surface area contributed by atoms with Gasteiger partial charge in [-0.1, -0.05) is 24.3 Å². The van der Waals surface area contributed by atoms with Crippen molar-refractivity contribution in [2.24, 2.45) is 5.92 Å². The van der Waals surface area contributed by atoms with Crippen LogP contribution >= 0.6 is 0 Å². The first-order valence-corrected chi connectivity index (χ1v) is 8.60. The highest BCUT2D eigenvalue weighted by Gasteiger charge is 2.32. The molecule has 2 aliphatic carbocycles. The molecule has 22 heavy (non-hydrogen) atoms. The van der Waals surface area contributed by atoms with Crippen LogP contribution in [0.1, 0.15) is 62.6 Å². The SMILES string of the molecule is CCN(C(=O)CC1CCCC1=O)[C@H]1CCCc2ccccc21. The Morgan fingerprint density at radius 3 is 2.68 bits per heavy atom. The predicted octanol–water partition coefficient (Wildman–Crippen LogP) is 3.67. The molecule has 0 aromatic heterocycles. The zero-order chi connectivity index (χ0) is 15.5. The van der Waals surface area contributed by atoms with E-state index in [1.807, 2.05) is 11.8 Å². The van der Waals surface area contributed by atoms with E-state index in [-0.39, 0.29) is 23.7 Å². The molecule has 1 unspecified atom stereocenters. The fraction of sp³-hybridized carbons (Fsp3) is 0.579. The number of carbonyl (C=O) groups excluding carboxylic acids is 2. The Morgan fingerprint density at radius 1 is 1.18 bits per heavy atom. The number of aryl methyl sites for hydroxylation is 1. The number of fused-ring (bicyclic) bond motifs is 1. The highest BCUT2D eigenvalue weighted by atomic mass is 16.2. The first-order valence-electron chi connectivity index (χ1n) is 8.60. The van der Waals surface area contributed by atoms with Crippen molar-refractivity contribution >= 4 is 11.7 Å². The summed E-state index contributed by atoms with van der Waals surface area (Å²) in [6.07, 6.45) is 6.20. The van der Waals surface area contributed by atoms with Crippen molar-refractivity contribution in [2.75, 3.05) is 6.54 Å². The van der Waals surface area contributed by atoms with Gasteiger partial charge in [0.1, 0.15) is 5.78 Å². The second kappa shape index (κ2) is 6.64. The molecule has 1 aromatic rings. The van der Waals surface area contributed by atoms with Crippen molar-refractivity contribution in [3.63, 3.8) is 0 Å². The zero-order valence-corrected chi connectivity index (χ0v) is 13.4. The second-order valence-corrected chi connectivity index (χ2v) is 6.55. The van der Waals surface area contributed by atoms with Crippen LogP contribution < -0.4 is 0 Å². The highest BCUT2D eigenvalue weighted by molar-refractivity contribution is 5.88. The fourth-order valence-corrected chi connectivity index (χ4v) is 4.05. The Morgan fingerprint density at radius 2 is 1.95 bits per heavy atom. The monoisotopic (exact) mass is 299 g/mol. The molecule has 3 heteroatoms. The van der Waals surface area contributed by atoms with E-state index in [1.54, 1.807) is 0 Å². The summed E-state index contributed by atoms with van der Waals surface area (Å²) < 4.78 is 0. The van der Waals surface area contributed by atoms with Gasteiger partial charge in [0.2, 0.25) is 5.91 Å². The van der Waals surface area contributed by atoms with Crippen molar-refractivity contribution in [1.29, 1.82) is 0 Å². The summed E-state index contributed by atoms with van der Waals surface area (Å²) in [5.74, 6) is 0.415. The van der Waals surface area contributed by atoms with Crippen LogP contribution in [0.3, 0.4) is 0 Å². The van der Waals surface area contributed by atoms with Gasteiger partial charge in [-0.3, -0.25) is 9.59 Å². The molecule has 2 atom stereocenters. The summed E-state index contributed by atoms with van der Waals surface area (Å²) in [5, 5.41) is 0. The average Bonchev–Trinajstić information content (AvgIpc) is 2.93. The minimum atomic E-state index is -0.0274. The van der Waals surface area contributed by atoms with Crippen LogP contribution in [0.25, 0.3) is 0 Å². The Bertz CT molecular complexity index is 566. The molecule has 0 saturated heterocycles. The third-order valence-electron chi connectivity index (χ3n) is 5.23. The van der Waals surface area contributed by atoms with E-state index in [2.05, 4.69) is 24.3 Å². The van der Waals surface area contributed by atoms with Gasteiger partial charge in [-0.15, -0.1) is 0 Å². The molecule has 118 valence electrons. The molecule has 0 aliphatic heterocycles. The smallest absolute Gasteiger partial charge is 0.223 e. The van der Waals surface area contributed by atoms with Crippen molar-refractivity contribution in [2.45, 2.75) is 57.9 Å². The molecule has 1 fully saturated rings. The van der Waals surface area contributed by atoms with Crippen LogP contribution in [-0.4, -0.2) is 23.1 Å². The fourth-order valence-electron chi connectivity index (χ4n) is 4.05. The lowest BCUT2D eigenvalue weighted by Crippen LogP contribution is -2.37. The van der Waals surface area contributed by atoms with Crippen molar-refractivity contribution in [1.82, 2.24) is 4.90 Å². The molecule has 0 spiro atoms. The molecular weight excluding hydrogens is 274 g/mol. The summed E-state index contributed by atoms with van der Waals surface area (Å²) in [5.41, 5.74) is 2.68. The number of rotatable bonds is 4. The number of Topliss-reactive ketones (excluding diaryl/α,β-unsaturated/α-hetero) is 1. The number of benzene rings is 1. The second-order valence-electron chi connectivity index (χ2n) is 6.55. The first-order chi connectivity index (χ1) is 10.7. The van der Waals surface area contributed by atoms with E-state index >= 15 is 0 Å². The first kappa shape index (κ1) is 15.3. The van der Waals surface area contributed by atoms with Crippen LogP contribution in [0.15, 0.2) is 24.3 Å². The molecule has 0 radical (unpaired) electrons. The maximum atomic E-state index is 12.8. The average molecular weight is 299 g/mol. The Labute approximate surface area is 132 Å². The zero-order valence-electron chi connectivity index (χ0n) is 13.4. The lowest BCUT2D eigenvalue weighted by Gasteiger charge is -2.36. The third kappa shape index (κ3) is 2.94. The minimum Gasteiger partial charge on any atom is -0.336 e. The molecule has 0 heterocycles. The predicted molar refractivity (Wildman–Crippen MR) is 86.5 cm³/mol. The molecule has 1 saturated carbocycles. The summed E-state index contributed by atoms with van der Waals surface area (Å²) in [6.45, 7) is 2.77. The number of hydrogen-bond donors (Lipinski definition) is 0. The lowest BCUT2D eigenvalue weighted by molar-refractivity contribution is -0.137. The minimum absolute atomic E-state index is 0.0274. The number of ketones is 1. The molecule has 0 bridgehead atoms. The molecule has 1 aromatic carbocycles. The Hall–Kier alpha value is -1.64. The van der Waals surface area contributed by atoms with Gasteiger partial charge in [0.25, 0.3) is 0 Å². The number of carbonyl (C=O) groups is 2. The van der Waals surface area contributed by atoms with Crippen LogP contribution in [0.4, 0.5) is 0 Å². The maximum Gasteiger partial charge on any atom is 0.223 e. The van der Waals surface area contributed by atoms with Gasteiger partial charge in [-0.2, -0.15) is 0 Å². The highest BCUT2D eigenvalue weighted by Crippen LogP contribution is 2.35. The van der Waals surface area contributed by atoms with Gasteiger partial charge in [-0.25, -0.2) is 0 Å². The van der Waals surface area contributed by atoms with Crippen LogP contribution in [0.2, 0.25) is 0 Å². The van der Waals surface area contributed by atoms with Gasteiger partial charge in [-0.05, 0) is 50.2 Å². The molecule has 1 amide bonds. The molecule has 3 nitrogen and oxygen atoms in total. The van der Waals surface area contributed by atoms with E-state index < -0.39 is 0 Å². The standard InChI is InChI=1S/C19H25NO2/c1-2-20(19(22)13-15-9-6-12-18(15)21)17-11-5-8-14-7-3-4-10-16(14)17/h3-4,7,10,15,17H,2,5-6,8-9,11-13H2,1H3/t15?,17-/m0/s1. The summed E-state index contributed by atoms with van der Waals surface area (Å²) >= 11 is 0. The molecular formula is C19H25NO2. The van der Waals surface area contributed by atoms with E-state index in [0.29, 0.717) is 12.8 Å². The van der Waals surface area contributed by atoms with Crippen LogP contribution in [0.5, 0.6) is 0 Å². The Kier molecular flexibility index (Phi) is 4.60. The summed E-state index contributed by atoms with van der Waals surface area (Å²) in [7, 11) is 0. The van der Waals surface area contributed by atoms with Gasteiger partial charge in [0.15, 0.2) is 0 Å². The van der Waals surface area contributed by atoms with Gasteiger partial charge < -0.3 is 4.90 Å². The van der Waals surface area contributed by atoms with Crippen molar-refractivity contribution < 1.29 is 9.59 Å². The quantitative estimate of drug-likeness (QED) is 0.850. The third-order valence-corrected chi connectivity index (χ3v) is 5.23. The van der Waals surface area contributed by atoms with Gasteiger partial charge in [0, 0.05) is 25.3 Å². The number of hydrogen-bond acceptors (Lipinski definition) is 2. The van der Waals surface area contributed by atoms with E-state index in [4.69, 9.17) is 0 Å². The van der Waals surface area contributed by atoms with E-state index in [0.717, 1.165) is 38.6 Å². The van der Waals surface area contributed by atoms with Crippen LogP contribution in [0, 0.1) is 5.92 Å². The molecule has 0 N–H and O–H groups in total. The van der Waals surface area contributed by atoms with Gasteiger partial charge in [0.05, 0.1) is 6.04 Å². The summed E-state index contributed by atoms with van der Waals surface area (Å²) in [6, 6.07) is 8.68. The Balaban J connectivity index is 1.76. The van der Waals surface area contributed by atoms with Crippen molar-refractivity contribution in [3.8, 4) is 0 Å². The van der Waals surface area contributed by atoms with Crippen molar-refractivity contribution in [3.05, 3.63) is 35.4 Å². The maximum absolute atomic E-state index is 12.8. The van der Waals surface area contributed by atoms with E-state index in [1.165, 1.54) is 11.1 Å². The number of nitrogens with zero attached hydrogens (tertiary/aromatic N) is 1. The van der Waals surface area contributed by atoms with Crippen LogP contribution in [-0.2, 0) is 16.0 Å². The van der Waals surface area contributed by atoms with E-state index in [9.17, 15) is 9.59 Å². The largest absolute Gasteiger partial charge is 0.336 e. The summed E-state index contributed by atoms with van der Waals surface area (Å²) in [4.78, 5) is 26.6. The topological polar surface area (TPSA) is 37.4 Å². The molecule has 2 aliphatic rings. The van der Waals surface area contributed by atoms with Gasteiger partial charge >= 0.3 is 0 Å². The lowest BCUT2D eigenvalue weighted by atomic mass is 9.86. The normalized spacial score (nSPS) is 24.1. The molecule has 3 rings (SSSR count). The number of amides is 1.